The van der Waals surface area contributed by atoms with Crippen molar-refractivity contribution in [1.29, 1.82) is 0 Å². The molecule has 0 bridgehead atoms. The molecule has 0 spiro atoms. The molecule has 3 aromatic carbocycles. The molecule has 0 fully saturated rings. The highest BCUT2D eigenvalue weighted by atomic mass is 32.2. The Kier molecular flexibility index (Phi) is 5.36. The molecule has 0 aliphatic rings. The Labute approximate surface area is 150 Å². The number of rotatable bonds is 6. The molecule has 2 radical (unpaired) electrons. The topological polar surface area (TPSA) is 46.2 Å². The highest BCUT2D eigenvalue weighted by molar-refractivity contribution is 7.89. The molecule has 0 saturated heterocycles. The van der Waals surface area contributed by atoms with Gasteiger partial charge in [0, 0.05) is 0 Å². The Morgan fingerprint density at radius 3 is 1.68 bits per heavy atom. The van der Waals surface area contributed by atoms with Gasteiger partial charge in [0.25, 0.3) is 0 Å². The summed E-state index contributed by atoms with van der Waals surface area (Å²) in [7, 11) is 1.91. The summed E-state index contributed by atoms with van der Waals surface area (Å²) in [5, 5.41) is 0. The van der Waals surface area contributed by atoms with Crippen LogP contribution in [0.5, 0.6) is 0 Å². The summed E-state index contributed by atoms with van der Waals surface area (Å²) in [5.41, 5.74) is 2.66. The highest BCUT2D eigenvalue weighted by Crippen LogP contribution is 2.24. The van der Waals surface area contributed by atoms with Gasteiger partial charge in [-0.1, -0.05) is 84.7 Å². The highest BCUT2D eigenvalue weighted by Gasteiger charge is 2.22. The molecule has 3 nitrogen and oxygen atoms in total. The molecular weight excluding hydrogens is 329 g/mol. The first kappa shape index (κ1) is 17.5. The maximum Gasteiger partial charge on any atom is 0.241 e. The van der Waals surface area contributed by atoms with E-state index in [2.05, 4.69) is 4.72 Å². The Morgan fingerprint density at radius 1 is 0.760 bits per heavy atom. The van der Waals surface area contributed by atoms with Crippen LogP contribution in [0.3, 0.4) is 0 Å². The first-order valence-electron chi connectivity index (χ1n) is 8.01. The second-order valence-corrected chi connectivity index (χ2v) is 7.44. The normalized spacial score (nSPS) is 11.6. The largest absolute Gasteiger partial charge is 0.241 e. The van der Waals surface area contributed by atoms with E-state index in [9.17, 15) is 8.42 Å². The summed E-state index contributed by atoms with van der Waals surface area (Å²) < 4.78 is 28.5. The molecule has 5 heteroatoms. The maximum atomic E-state index is 12.8. The number of nitrogens with one attached hydrogen (secondary N) is 1. The van der Waals surface area contributed by atoms with Gasteiger partial charge in [0.2, 0.25) is 10.0 Å². The van der Waals surface area contributed by atoms with Crippen molar-refractivity contribution in [2.75, 3.05) is 0 Å². The molecule has 3 aromatic rings. The fraction of sp³-hybridized carbons (Fsp3) is 0.100. The van der Waals surface area contributed by atoms with E-state index in [0.29, 0.717) is 6.32 Å². The zero-order chi connectivity index (χ0) is 17.7. The van der Waals surface area contributed by atoms with E-state index in [1.165, 1.54) is 0 Å². The van der Waals surface area contributed by atoms with Gasteiger partial charge in [-0.2, -0.15) is 4.72 Å². The Balaban J connectivity index is 1.97. The molecule has 0 aliphatic carbocycles. The second kappa shape index (κ2) is 7.68. The molecule has 3 rings (SSSR count). The van der Waals surface area contributed by atoms with Crippen molar-refractivity contribution in [3.63, 3.8) is 0 Å². The summed E-state index contributed by atoms with van der Waals surface area (Å²) >= 11 is 0. The van der Waals surface area contributed by atoms with Crippen LogP contribution >= 0.6 is 0 Å². The molecule has 25 heavy (non-hydrogen) atoms. The summed E-state index contributed by atoms with van der Waals surface area (Å²) in [4.78, 5) is 0.224. The van der Waals surface area contributed by atoms with E-state index in [-0.39, 0.29) is 4.90 Å². The van der Waals surface area contributed by atoms with Gasteiger partial charge in [-0.25, -0.2) is 8.42 Å². The van der Waals surface area contributed by atoms with Crippen LogP contribution in [0.15, 0.2) is 89.8 Å². The molecule has 0 aromatic heterocycles. The summed E-state index contributed by atoms with van der Waals surface area (Å²) in [5.74, 6) is 0. The van der Waals surface area contributed by atoms with E-state index in [1.54, 1.807) is 24.3 Å². The number of sulfonamides is 1. The van der Waals surface area contributed by atoms with Crippen LogP contribution in [0.4, 0.5) is 0 Å². The van der Waals surface area contributed by atoms with Crippen LogP contribution in [-0.4, -0.2) is 16.3 Å². The smallest absolute Gasteiger partial charge is 0.207 e. The minimum Gasteiger partial charge on any atom is -0.207 e. The van der Waals surface area contributed by atoms with Gasteiger partial charge in [0.1, 0.15) is 0 Å². The fourth-order valence-electron chi connectivity index (χ4n) is 2.65. The van der Waals surface area contributed by atoms with Crippen LogP contribution in [-0.2, 0) is 16.3 Å². The molecule has 0 unspecified atom stereocenters. The van der Waals surface area contributed by atoms with Crippen LogP contribution in [0.2, 0.25) is 0 Å². The van der Waals surface area contributed by atoms with Gasteiger partial charge < -0.3 is 0 Å². The molecule has 0 amide bonds. The van der Waals surface area contributed by atoms with Crippen molar-refractivity contribution >= 4 is 17.9 Å². The van der Waals surface area contributed by atoms with Crippen LogP contribution in [0.1, 0.15) is 22.7 Å². The molecule has 0 aliphatic heterocycles. The summed E-state index contributed by atoms with van der Waals surface area (Å²) in [6, 6.07) is 25.2. The van der Waals surface area contributed by atoms with Gasteiger partial charge in [0.15, 0.2) is 0 Å². The van der Waals surface area contributed by atoms with Gasteiger partial charge in [0.05, 0.1) is 18.8 Å². The van der Waals surface area contributed by atoms with Crippen LogP contribution in [0.25, 0.3) is 0 Å². The number of benzene rings is 3. The van der Waals surface area contributed by atoms with Crippen molar-refractivity contribution < 1.29 is 8.42 Å². The standard InChI is InChI=1S/C20H18BNO2S/c21-15-16-11-13-19(14-12-16)25(23,24)22-20(17-7-3-1-4-8-17)18-9-5-2-6-10-18/h1-14,20,22H,15H2. The summed E-state index contributed by atoms with van der Waals surface area (Å²) in [6.45, 7) is 0. The van der Waals surface area contributed by atoms with Crippen molar-refractivity contribution in [2.45, 2.75) is 17.3 Å². The molecule has 1 N–H and O–H groups in total. The lowest BCUT2D eigenvalue weighted by molar-refractivity contribution is 0.572. The average molecular weight is 347 g/mol. The quantitative estimate of drug-likeness (QED) is 0.695. The third-order valence-corrected chi connectivity index (χ3v) is 5.45. The zero-order valence-electron chi connectivity index (χ0n) is 13.7. The van der Waals surface area contributed by atoms with Crippen molar-refractivity contribution in [3.8, 4) is 0 Å². The van der Waals surface area contributed by atoms with E-state index < -0.39 is 16.1 Å². The van der Waals surface area contributed by atoms with Crippen LogP contribution in [0, 0.1) is 0 Å². The van der Waals surface area contributed by atoms with Gasteiger partial charge in [-0.15, -0.1) is 0 Å². The van der Waals surface area contributed by atoms with Gasteiger partial charge >= 0.3 is 0 Å². The lowest BCUT2D eigenvalue weighted by Gasteiger charge is -2.20. The number of hydrogen-bond donors (Lipinski definition) is 1. The SMILES string of the molecule is [B]Cc1ccc(S(=O)(=O)NC(c2ccccc2)c2ccccc2)cc1. The van der Waals surface area contributed by atoms with Crippen LogP contribution < -0.4 is 4.72 Å². The third-order valence-electron chi connectivity index (χ3n) is 4.01. The monoisotopic (exact) mass is 347 g/mol. The molecular formula is C20H18BNO2S. The molecule has 124 valence electrons. The lowest BCUT2D eigenvalue weighted by atomic mass is 9.97. The first-order valence-corrected chi connectivity index (χ1v) is 9.50. The zero-order valence-corrected chi connectivity index (χ0v) is 14.5. The van der Waals surface area contributed by atoms with Crippen molar-refractivity contribution in [2.24, 2.45) is 0 Å². The fourth-order valence-corrected chi connectivity index (χ4v) is 3.86. The van der Waals surface area contributed by atoms with E-state index in [1.807, 2.05) is 60.7 Å². The van der Waals surface area contributed by atoms with Crippen molar-refractivity contribution in [1.82, 2.24) is 4.72 Å². The predicted molar refractivity (Wildman–Crippen MR) is 101 cm³/mol. The second-order valence-electron chi connectivity index (χ2n) is 5.72. The number of hydrogen-bond acceptors (Lipinski definition) is 2. The van der Waals surface area contributed by atoms with Gasteiger partial charge in [-0.3, -0.25) is 0 Å². The molecule has 0 heterocycles. The maximum absolute atomic E-state index is 12.8. The Hall–Kier alpha value is -2.37. The lowest BCUT2D eigenvalue weighted by Crippen LogP contribution is -2.29. The Morgan fingerprint density at radius 2 is 1.24 bits per heavy atom. The molecule has 0 saturated carbocycles. The molecule has 0 atom stereocenters. The third kappa shape index (κ3) is 4.19. The summed E-state index contributed by atoms with van der Waals surface area (Å²) in [6.07, 6.45) is 0.379. The van der Waals surface area contributed by atoms with E-state index in [0.717, 1.165) is 16.7 Å². The average Bonchev–Trinajstić information content (AvgIpc) is 2.67. The minimum atomic E-state index is -3.67. The van der Waals surface area contributed by atoms with Gasteiger partial charge in [-0.05, 0) is 23.3 Å². The minimum absolute atomic E-state index is 0.224. The van der Waals surface area contributed by atoms with Crippen molar-refractivity contribution in [3.05, 3.63) is 102 Å². The predicted octanol–water partition coefficient (Wildman–Crippen LogP) is 3.42. The Bertz CT molecular complexity index is 871. The van der Waals surface area contributed by atoms with E-state index in [4.69, 9.17) is 7.85 Å². The first-order chi connectivity index (χ1) is 12.1. The van der Waals surface area contributed by atoms with E-state index >= 15 is 0 Å².